The number of hydrogen-bond donors (Lipinski definition) is 1. The molecular formula is C14H21N3O3S. The van der Waals surface area contributed by atoms with Crippen molar-refractivity contribution < 1.29 is 13.2 Å². The number of nitrogens with one attached hydrogen (secondary N) is 1. The number of hydrogen-bond acceptors (Lipinski definition) is 4. The molecule has 1 fully saturated rings. The zero-order valence-electron chi connectivity index (χ0n) is 12.2. The molecule has 1 amide bonds. The maximum Gasteiger partial charge on any atom is 0.252 e. The van der Waals surface area contributed by atoms with Gasteiger partial charge in [-0.15, -0.1) is 0 Å². The van der Waals surface area contributed by atoms with Gasteiger partial charge in [0.15, 0.2) is 0 Å². The molecule has 1 aromatic heterocycles. The molecule has 21 heavy (non-hydrogen) atoms. The molecule has 0 saturated heterocycles. The predicted molar refractivity (Wildman–Crippen MR) is 80.4 cm³/mol. The van der Waals surface area contributed by atoms with Crippen molar-refractivity contribution in [1.29, 1.82) is 0 Å². The first kappa shape index (κ1) is 15.9. The Labute approximate surface area is 125 Å². The maximum absolute atomic E-state index is 11.9. The van der Waals surface area contributed by atoms with E-state index >= 15 is 0 Å². The van der Waals surface area contributed by atoms with Crippen LogP contribution in [0.4, 0.5) is 0 Å². The van der Waals surface area contributed by atoms with Crippen molar-refractivity contribution in [1.82, 2.24) is 14.6 Å². The van der Waals surface area contributed by atoms with Crippen molar-refractivity contribution in [3.63, 3.8) is 0 Å². The molecule has 0 spiro atoms. The number of amides is 1. The zero-order valence-corrected chi connectivity index (χ0v) is 13.0. The summed E-state index contributed by atoms with van der Waals surface area (Å²) in [4.78, 5) is 15.8. The van der Waals surface area contributed by atoms with Crippen molar-refractivity contribution >= 4 is 15.9 Å². The highest BCUT2D eigenvalue weighted by atomic mass is 32.2. The van der Waals surface area contributed by atoms with Gasteiger partial charge in [-0.1, -0.05) is 12.8 Å². The number of nitrogens with zero attached hydrogens (tertiary/aromatic N) is 2. The fourth-order valence-corrected chi connectivity index (χ4v) is 3.87. The molecule has 1 aliphatic rings. The third-order valence-electron chi connectivity index (χ3n) is 3.70. The van der Waals surface area contributed by atoms with Crippen LogP contribution in [0.1, 0.15) is 36.0 Å². The van der Waals surface area contributed by atoms with Crippen LogP contribution in [0.25, 0.3) is 0 Å². The first-order valence-electron chi connectivity index (χ1n) is 7.13. The van der Waals surface area contributed by atoms with Gasteiger partial charge in [0.05, 0.1) is 11.8 Å². The molecule has 116 valence electrons. The van der Waals surface area contributed by atoms with Crippen LogP contribution in [-0.4, -0.2) is 49.0 Å². The quantitative estimate of drug-likeness (QED) is 0.850. The molecule has 1 heterocycles. The number of aromatic nitrogens is 1. The van der Waals surface area contributed by atoms with Crippen LogP contribution in [0.15, 0.2) is 24.5 Å². The predicted octanol–water partition coefficient (Wildman–Crippen LogP) is 1.02. The Morgan fingerprint density at radius 3 is 2.71 bits per heavy atom. The SMILES string of the molecule is CS(=O)(=O)N(CCNC(=O)c1cccnc1)C1CCCC1. The van der Waals surface area contributed by atoms with Crippen molar-refractivity contribution in [3.8, 4) is 0 Å². The normalized spacial score (nSPS) is 16.3. The Hall–Kier alpha value is -1.47. The summed E-state index contributed by atoms with van der Waals surface area (Å²) in [5, 5.41) is 2.74. The lowest BCUT2D eigenvalue weighted by atomic mass is 10.2. The Morgan fingerprint density at radius 2 is 2.14 bits per heavy atom. The van der Waals surface area contributed by atoms with Crippen molar-refractivity contribution in [2.75, 3.05) is 19.3 Å². The van der Waals surface area contributed by atoms with Gasteiger partial charge in [-0.05, 0) is 25.0 Å². The molecule has 7 heteroatoms. The van der Waals surface area contributed by atoms with Gasteiger partial charge < -0.3 is 5.32 Å². The topological polar surface area (TPSA) is 79.4 Å². The van der Waals surface area contributed by atoms with Crippen LogP contribution in [0, 0.1) is 0 Å². The second-order valence-electron chi connectivity index (χ2n) is 5.31. The Bertz CT molecular complexity index is 568. The molecule has 6 nitrogen and oxygen atoms in total. The highest BCUT2D eigenvalue weighted by molar-refractivity contribution is 7.88. The van der Waals surface area contributed by atoms with E-state index < -0.39 is 10.0 Å². The molecule has 1 N–H and O–H groups in total. The van der Waals surface area contributed by atoms with Crippen molar-refractivity contribution in [3.05, 3.63) is 30.1 Å². The third-order valence-corrected chi connectivity index (χ3v) is 5.03. The highest BCUT2D eigenvalue weighted by Gasteiger charge is 2.28. The maximum atomic E-state index is 11.9. The molecule has 0 aromatic carbocycles. The minimum atomic E-state index is -3.24. The standard InChI is InChI=1S/C14H21N3O3S/c1-21(19,20)17(13-6-2-3-7-13)10-9-16-14(18)12-5-4-8-15-11-12/h4-5,8,11,13H,2-3,6-7,9-10H2,1H3,(H,16,18). The van der Waals surface area contributed by atoms with Crippen molar-refractivity contribution in [2.45, 2.75) is 31.7 Å². The lowest BCUT2D eigenvalue weighted by Gasteiger charge is -2.26. The largest absolute Gasteiger partial charge is 0.351 e. The van der Waals surface area contributed by atoms with Gasteiger partial charge in [-0.3, -0.25) is 9.78 Å². The van der Waals surface area contributed by atoms with E-state index in [4.69, 9.17) is 0 Å². The lowest BCUT2D eigenvalue weighted by molar-refractivity contribution is 0.0950. The average molecular weight is 311 g/mol. The Balaban J connectivity index is 1.89. The minimum absolute atomic E-state index is 0.0790. The first-order valence-corrected chi connectivity index (χ1v) is 8.98. The smallest absolute Gasteiger partial charge is 0.252 e. The first-order chi connectivity index (χ1) is 9.98. The molecule has 0 bridgehead atoms. The summed E-state index contributed by atoms with van der Waals surface area (Å²) < 4.78 is 25.3. The summed E-state index contributed by atoms with van der Waals surface area (Å²) in [6.07, 6.45) is 8.27. The number of carbonyl (C=O) groups is 1. The molecule has 1 aliphatic carbocycles. The number of rotatable bonds is 6. The zero-order chi connectivity index (χ0) is 15.3. The Morgan fingerprint density at radius 1 is 1.43 bits per heavy atom. The van der Waals surface area contributed by atoms with Crippen LogP contribution in [-0.2, 0) is 10.0 Å². The van der Waals surface area contributed by atoms with E-state index in [2.05, 4.69) is 10.3 Å². The molecule has 1 aromatic rings. The summed E-state index contributed by atoms with van der Waals surface area (Å²) >= 11 is 0. The van der Waals surface area contributed by atoms with E-state index in [1.165, 1.54) is 16.8 Å². The fourth-order valence-electron chi connectivity index (χ4n) is 2.69. The van der Waals surface area contributed by atoms with E-state index in [1.807, 2.05) is 0 Å². The molecule has 2 rings (SSSR count). The second-order valence-corrected chi connectivity index (χ2v) is 7.24. The van der Waals surface area contributed by atoms with Gasteiger partial charge in [0.1, 0.15) is 0 Å². The Kier molecular flexibility index (Phi) is 5.30. The van der Waals surface area contributed by atoms with E-state index in [9.17, 15) is 13.2 Å². The summed E-state index contributed by atoms with van der Waals surface area (Å²) in [7, 11) is -3.24. The number of pyridine rings is 1. The van der Waals surface area contributed by atoms with Gasteiger partial charge in [0, 0.05) is 31.5 Å². The van der Waals surface area contributed by atoms with Gasteiger partial charge >= 0.3 is 0 Å². The van der Waals surface area contributed by atoms with Crippen molar-refractivity contribution in [2.24, 2.45) is 0 Å². The lowest BCUT2D eigenvalue weighted by Crippen LogP contribution is -2.43. The highest BCUT2D eigenvalue weighted by Crippen LogP contribution is 2.24. The molecule has 0 aliphatic heterocycles. The van der Waals surface area contributed by atoms with E-state index in [1.54, 1.807) is 18.3 Å². The monoisotopic (exact) mass is 311 g/mol. The molecule has 0 unspecified atom stereocenters. The van der Waals surface area contributed by atoms with Crippen LogP contribution >= 0.6 is 0 Å². The van der Waals surface area contributed by atoms with Gasteiger partial charge in [0.2, 0.25) is 10.0 Å². The van der Waals surface area contributed by atoms with E-state index in [0.29, 0.717) is 18.7 Å². The average Bonchev–Trinajstić information content (AvgIpc) is 2.96. The summed E-state index contributed by atoms with van der Waals surface area (Å²) in [5.74, 6) is -0.233. The van der Waals surface area contributed by atoms with Crippen LogP contribution in [0.3, 0.4) is 0 Å². The van der Waals surface area contributed by atoms with E-state index in [0.717, 1.165) is 25.7 Å². The molecular weight excluding hydrogens is 290 g/mol. The fraction of sp³-hybridized carbons (Fsp3) is 0.571. The minimum Gasteiger partial charge on any atom is -0.351 e. The third kappa shape index (κ3) is 4.50. The van der Waals surface area contributed by atoms with Gasteiger partial charge in [-0.2, -0.15) is 4.31 Å². The number of carbonyl (C=O) groups excluding carboxylic acids is 1. The summed E-state index contributed by atoms with van der Waals surface area (Å²) in [5.41, 5.74) is 0.476. The van der Waals surface area contributed by atoms with Gasteiger partial charge in [-0.25, -0.2) is 8.42 Å². The van der Waals surface area contributed by atoms with Crippen LogP contribution in [0.5, 0.6) is 0 Å². The van der Waals surface area contributed by atoms with E-state index in [-0.39, 0.29) is 11.9 Å². The molecule has 1 saturated carbocycles. The number of sulfonamides is 1. The van der Waals surface area contributed by atoms with Crippen LogP contribution < -0.4 is 5.32 Å². The summed E-state index contributed by atoms with van der Waals surface area (Å²) in [6.45, 7) is 0.618. The molecule has 0 radical (unpaired) electrons. The molecule has 0 atom stereocenters. The second kappa shape index (κ2) is 7.00. The van der Waals surface area contributed by atoms with Gasteiger partial charge in [0.25, 0.3) is 5.91 Å². The summed E-state index contributed by atoms with van der Waals surface area (Å²) in [6, 6.07) is 3.44. The van der Waals surface area contributed by atoms with Crippen LogP contribution in [0.2, 0.25) is 0 Å².